The van der Waals surface area contributed by atoms with Gasteiger partial charge in [-0.05, 0) is 55.5 Å². The molecule has 0 aliphatic heterocycles. The van der Waals surface area contributed by atoms with Crippen molar-refractivity contribution >= 4 is 22.5 Å². The number of nitrogens with one attached hydrogen (secondary N) is 2. The average molecular weight is 317 g/mol. The largest absolute Gasteiger partial charge is 0.298 e. The highest BCUT2D eigenvalue weighted by Gasteiger charge is 2.23. The molecular weight excluding hydrogens is 298 g/mol. The Morgan fingerprint density at radius 1 is 1.08 bits per heavy atom. The molecule has 1 heterocycles. The van der Waals surface area contributed by atoms with Crippen LogP contribution in [0.15, 0.2) is 48.5 Å². The van der Waals surface area contributed by atoms with Crippen LogP contribution in [0.3, 0.4) is 0 Å². The summed E-state index contributed by atoms with van der Waals surface area (Å²) in [6.45, 7) is 2.02. The Balaban J connectivity index is 1.69. The van der Waals surface area contributed by atoms with Gasteiger partial charge in [0.2, 0.25) is 0 Å². The third-order valence-electron chi connectivity index (χ3n) is 4.48. The lowest BCUT2D eigenvalue weighted by Gasteiger charge is -2.14. The van der Waals surface area contributed by atoms with Gasteiger partial charge in [-0.2, -0.15) is 0 Å². The summed E-state index contributed by atoms with van der Waals surface area (Å²) in [7, 11) is 0. The number of carbonyl (C=O) groups excluding carboxylic acids is 1. The molecule has 2 N–H and O–H groups in total. The molecule has 1 aliphatic carbocycles. The van der Waals surface area contributed by atoms with Crippen LogP contribution in [0.5, 0.6) is 0 Å². The molecule has 0 saturated heterocycles. The highest BCUT2D eigenvalue weighted by atomic mass is 16.2. The molecule has 0 unspecified atom stereocenters. The van der Waals surface area contributed by atoms with Crippen molar-refractivity contribution in [1.29, 1.82) is 0 Å². The number of pyridine rings is 1. The van der Waals surface area contributed by atoms with E-state index < -0.39 is 0 Å². The van der Waals surface area contributed by atoms with Gasteiger partial charge in [0.15, 0.2) is 0 Å². The van der Waals surface area contributed by atoms with Crippen molar-refractivity contribution in [2.45, 2.75) is 26.2 Å². The smallest absolute Gasteiger partial charge is 0.270 e. The summed E-state index contributed by atoms with van der Waals surface area (Å²) >= 11 is 0. The summed E-state index contributed by atoms with van der Waals surface area (Å²) < 4.78 is 0. The maximum Gasteiger partial charge on any atom is 0.270 e. The van der Waals surface area contributed by atoms with Crippen LogP contribution in [0.2, 0.25) is 0 Å². The Morgan fingerprint density at radius 3 is 2.83 bits per heavy atom. The zero-order valence-electron chi connectivity index (χ0n) is 13.6. The number of benzene rings is 2. The van der Waals surface area contributed by atoms with E-state index in [0.717, 1.165) is 58.2 Å². The van der Waals surface area contributed by atoms with Crippen molar-refractivity contribution in [1.82, 2.24) is 10.4 Å². The third-order valence-corrected chi connectivity index (χ3v) is 4.48. The number of hydrogen-bond acceptors (Lipinski definition) is 3. The number of fused-ring (bicyclic) bond motifs is 2. The fourth-order valence-electron chi connectivity index (χ4n) is 3.38. The second kappa shape index (κ2) is 5.96. The summed E-state index contributed by atoms with van der Waals surface area (Å²) in [6.07, 6.45) is 2.93. The van der Waals surface area contributed by atoms with E-state index in [9.17, 15) is 4.79 Å². The van der Waals surface area contributed by atoms with Crippen molar-refractivity contribution in [3.05, 3.63) is 70.9 Å². The maximum atomic E-state index is 12.9. The summed E-state index contributed by atoms with van der Waals surface area (Å²) in [4.78, 5) is 17.6. The molecule has 4 nitrogen and oxygen atoms in total. The first-order valence-corrected chi connectivity index (χ1v) is 8.26. The number of carbonyl (C=O) groups is 1. The van der Waals surface area contributed by atoms with Gasteiger partial charge in [-0.1, -0.05) is 30.3 Å². The molecule has 0 atom stereocenters. The number of rotatable bonds is 3. The Bertz CT molecular complexity index is 933. The first-order chi connectivity index (χ1) is 11.7. The highest BCUT2D eigenvalue weighted by molar-refractivity contribution is 6.08. The molecule has 0 radical (unpaired) electrons. The molecule has 1 aromatic heterocycles. The number of hydrogen-bond donors (Lipinski definition) is 2. The van der Waals surface area contributed by atoms with E-state index in [1.54, 1.807) is 0 Å². The summed E-state index contributed by atoms with van der Waals surface area (Å²) in [5, 5.41) is 0.918. The van der Waals surface area contributed by atoms with E-state index in [0.29, 0.717) is 0 Å². The molecule has 24 heavy (non-hydrogen) atoms. The second-order valence-electron chi connectivity index (χ2n) is 6.23. The first-order valence-electron chi connectivity index (χ1n) is 8.26. The Hall–Kier alpha value is -2.88. The number of hydrazine groups is 1. The standard InChI is InChI=1S/C20H19N3O/c1-13-6-4-7-14(12-13)22-23-20(24)19-15-8-2-3-10-17(15)21-18-11-5-9-16(18)19/h2-4,6-8,10,12,22H,5,9,11H2,1H3,(H,23,24). The first kappa shape index (κ1) is 14.7. The van der Waals surface area contributed by atoms with E-state index in [4.69, 9.17) is 4.98 Å². The van der Waals surface area contributed by atoms with Gasteiger partial charge in [-0.15, -0.1) is 0 Å². The fraction of sp³-hybridized carbons (Fsp3) is 0.200. The molecule has 0 saturated carbocycles. The lowest BCUT2D eigenvalue weighted by Crippen LogP contribution is -2.30. The monoisotopic (exact) mass is 317 g/mol. The normalized spacial score (nSPS) is 12.9. The van der Waals surface area contributed by atoms with E-state index in [1.807, 2.05) is 55.5 Å². The fourth-order valence-corrected chi connectivity index (χ4v) is 3.38. The topological polar surface area (TPSA) is 54.0 Å². The highest BCUT2D eigenvalue weighted by Crippen LogP contribution is 2.29. The minimum Gasteiger partial charge on any atom is -0.298 e. The molecule has 0 bridgehead atoms. The van der Waals surface area contributed by atoms with Crippen LogP contribution in [0.4, 0.5) is 5.69 Å². The van der Waals surface area contributed by atoms with Gasteiger partial charge in [0, 0.05) is 11.1 Å². The van der Waals surface area contributed by atoms with Crippen LogP contribution in [0.25, 0.3) is 10.9 Å². The van der Waals surface area contributed by atoms with Gasteiger partial charge in [0.25, 0.3) is 5.91 Å². The zero-order valence-corrected chi connectivity index (χ0v) is 13.6. The molecule has 0 spiro atoms. The van der Waals surface area contributed by atoms with Gasteiger partial charge in [0.05, 0.1) is 16.8 Å². The minimum atomic E-state index is -0.103. The van der Waals surface area contributed by atoms with Crippen molar-refractivity contribution in [2.24, 2.45) is 0 Å². The van der Waals surface area contributed by atoms with Gasteiger partial charge in [-0.25, -0.2) is 0 Å². The predicted octanol–water partition coefficient (Wildman–Crippen LogP) is 3.79. The Labute approximate surface area is 140 Å². The van der Waals surface area contributed by atoms with Crippen LogP contribution in [0.1, 0.15) is 33.6 Å². The zero-order chi connectivity index (χ0) is 16.5. The molecule has 0 fully saturated rings. The molecule has 1 aliphatic rings. The number of para-hydroxylation sites is 1. The number of anilines is 1. The molecule has 4 heteroatoms. The SMILES string of the molecule is Cc1cccc(NNC(=O)c2c3c(nc4ccccc24)CCC3)c1. The lowest BCUT2D eigenvalue weighted by atomic mass is 10.0. The number of nitrogens with zero attached hydrogens (tertiary/aromatic N) is 1. The van der Waals surface area contributed by atoms with Crippen molar-refractivity contribution in [3.8, 4) is 0 Å². The van der Waals surface area contributed by atoms with Crippen molar-refractivity contribution in [2.75, 3.05) is 5.43 Å². The van der Waals surface area contributed by atoms with E-state index in [2.05, 4.69) is 10.9 Å². The lowest BCUT2D eigenvalue weighted by molar-refractivity contribution is 0.0963. The van der Waals surface area contributed by atoms with Gasteiger partial charge < -0.3 is 0 Å². The average Bonchev–Trinajstić information content (AvgIpc) is 3.05. The molecule has 120 valence electrons. The molecular formula is C20H19N3O. The quantitative estimate of drug-likeness (QED) is 0.723. The van der Waals surface area contributed by atoms with E-state index >= 15 is 0 Å². The van der Waals surface area contributed by atoms with E-state index in [-0.39, 0.29) is 5.91 Å². The van der Waals surface area contributed by atoms with Gasteiger partial charge >= 0.3 is 0 Å². The number of aromatic nitrogens is 1. The predicted molar refractivity (Wildman–Crippen MR) is 96.0 cm³/mol. The Kier molecular flexibility index (Phi) is 3.65. The molecule has 4 rings (SSSR count). The molecule has 3 aromatic rings. The van der Waals surface area contributed by atoms with Crippen LogP contribution < -0.4 is 10.9 Å². The Morgan fingerprint density at radius 2 is 1.96 bits per heavy atom. The maximum absolute atomic E-state index is 12.9. The minimum absolute atomic E-state index is 0.103. The van der Waals surface area contributed by atoms with Crippen LogP contribution in [-0.2, 0) is 12.8 Å². The third kappa shape index (κ3) is 2.60. The summed E-state index contributed by atoms with van der Waals surface area (Å²) in [6, 6.07) is 15.8. The van der Waals surface area contributed by atoms with Crippen molar-refractivity contribution < 1.29 is 4.79 Å². The number of aryl methyl sites for hydroxylation is 2. The number of amides is 1. The summed E-state index contributed by atoms with van der Waals surface area (Å²) in [5.41, 5.74) is 11.7. The van der Waals surface area contributed by atoms with Gasteiger partial charge in [-0.3, -0.25) is 20.6 Å². The molecule has 1 amide bonds. The van der Waals surface area contributed by atoms with E-state index in [1.165, 1.54) is 0 Å². The van der Waals surface area contributed by atoms with Crippen LogP contribution in [0, 0.1) is 6.92 Å². The summed E-state index contributed by atoms with van der Waals surface area (Å²) in [5.74, 6) is -0.103. The van der Waals surface area contributed by atoms with Crippen molar-refractivity contribution in [3.63, 3.8) is 0 Å². The van der Waals surface area contributed by atoms with Gasteiger partial charge in [0.1, 0.15) is 0 Å². The molecule has 2 aromatic carbocycles. The van der Waals surface area contributed by atoms with Crippen LogP contribution in [-0.4, -0.2) is 10.9 Å². The van der Waals surface area contributed by atoms with Crippen LogP contribution >= 0.6 is 0 Å². The second-order valence-corrected chi connectivity index (χ2v) is 6.23.